The molecule has 3 aliphatic rings. The third kappa shape index (κ3) is 2.54. The summed E-state index contributed by atoms with van der Waals surface area (Å²) in [4.78, 5) is 0. The maximum Gasteiger partial charge on any atom is 0.0126 e. The molecule has 1 atom stereocenters. The van der Waals surface area contributed by atoms with Gasteiger partial charge in [0, 0.05) is 12.1 Å². The Morgan fingerprint density at radius 2 is 1.18 bits per heavy atom. The van der Waals surface area contributed by atoms with Gasteiger partial charge in [-0.1, -0.05) is 25.7 Å². The van der Waals surface area contributed by atoms with Crippen molar-refractivity contribution in [3.63, 3.8) is 0 Å². The first-order chi connectivity index (χ1) is 8.34. The van der Waals surface area contributed by atoms with Gasteiger partial charge in [-0.15, -0.1) is 0 Å². The summed E-state index contributed by atoms with van der Waals surface area (Å²) < 4.78 is 0. The lowest BCUT2D eigenvalue weighted by Gasteiger charge is -2.45. The van der Waals surface area contributed by atoms with Crippen LogP contribution >= 0.6 is 0 Å². The Hall–Kier alpha value is -0.0400. The fraction of sp³-hybridized carbons (Fsp3) is 1.00. The number of nitrogens with one attached hydrogen (secondary N) is 1. The Morgan fingerprint density at radius 3 is 1.59 bits per heavy atom. The molecule has 0 saturated heterocycles. The molecule has 0 aromatic heterocycles. The van der Waals surface area contributed by atoms with Gasteiger partial charge in [0.05, 0.1) is 0 Å². The molecule has 0 spiro atoms. The summed E-state index contributed by atoms with van der Waals surface area (Å²) in [6.07, 6.45) is 14.9. The minimum Gasteiger partial charge on any atom is -0.311 e. The molecule has 1 heteroatoms. The van der Waals surface area contributed by atoms with Crippen LogP contribution in [0.1, 0.15) is 71.1 Å². The van der Waals surface area contributed by atoms with E-state index < -0.39 is 0 Å². The first kappa shape index (κ1) is 12.0. The summed E-state index contributed by atoms with van der Waals surface area (Å²) in [6, 6.07) is 1.66. The van der Waals surface area contributed by atoms with Crippen molar-refractivity contribution in [2.24, 2.45) is 17.8 Å². The smallest absolute Gasteiger partial charge is 0.0126 e. The maximum absolute atomic E-state index is 4.06. The summed E-state index contributed by atoms with van der Waals surface area (Å²) in [5.41, 5.74) is 0. The Kier molecular flexibility index (Phi) is 3.75. The third-order valence-corrected chi connectivity index (χ3v) is 5.88. The SMILES string of the molecule is C[C@H](NC(C1CCC1)C1CCC1)C1CCCC1. The highest BCUT2D eigenvalue weighted by molar-refractivity contribution is 4.93. The molecule has 0 unspecified atom stereocenters. The normalized spacial score (nSPS) is 29.3. The van der Waals surface area contributed by atoms with E-state index in [1.165, 1.54) is 64.2 Å². The molecular weight excluding hydrogens is 206 g/mol. The molecule has 0 aromatic rings. The zero-order valence-corrected chi connectivity index (χ0v) is 11.5. The van der Waals surface area contributed by atoms with Crippen LogP contribution in [-0.2, 0) is 0 Å². The van der Waals surface area contributed by atoms with Gasteiger partial charge in [0.2, 0.25) is 0 Å². The van der Waals surface area contributed by atoms with Crippen molar-refractivity contribution in [3.8, 4) is 0 Å². The zero-order valence-electron chi connectivity index (χ0n) is 11.5. The summed E-state index contributed by atoms with van der Waals surface area (Å²) >= 11 is 0. The molecule has 0 aliphatic heterocycles. The minimum absolute atomic E-state index is 0.781. The molecule has 1 N–H and O–H groups in total. The summed E-state index contributed by atoms with van der Waals surface area (Å²) in [5.74, 6) is 3.05. The molecule has 0 bridgehead atoms. The molecule has 3 aliphatic carbocycles. The molecule has 3 saturated carbocycles. The Morgan fingerprint density at radius 1 is 0.706 bits per heavy atom. The van der Waals surface area contributed by atoms with Gasteiger partial charge in [-0.3, -0.25) is 0 Å². The first-order valence-electron chi connectivity index (χ1n) is 8.10. The zero-order chi connectivity index (χ0) is 11.7. The van der Waals surface area contributed by atoms with Crippen molar-refractivity contribution in [1.82, 2.24) is 5.32 Å². The number of hydrogen-bond donors (Lipinski definition) is 1. The van der Waals surface area contributed by atoms with E-state index in [0.717, 1.165) is 29.8 Å². The Balaban J connectivity index is 1.54. The van der Waals surface area contributed by atoms with Crippen LogP contribution in [0.2, 0.25) is 0 Å². The van der Waals surface area contributed by atoms with Gasteiger partial charge in [-0.2, -0.15) is 0 Å². The molecule has 0 aromatic carbocycles. The van der Waals surface area contributed by atoms with Crippen LogP contribution < -0.4 is 5.32 Å². The van der Waals surface area contributed by atoms with Gasteiger partial charge in [-0.25, -0.2) is 0 Å². The van der Waals surface area contributed by atoms with E-state index in [0.29, 0.717) is 0 Å². The lowest BCUT2D eigenvalue weighted by atomic mass is 9.68. The lowest BCUT2D eigenvalue weighted by molar-refractivity contribution is 0.107. The van der Waals surface area contributed by atoms with Gasteiger partial charge in [0.15, 0.2) is 0 Å². The van der Waals surface area contributed by atoms with Crippen LogP contribution in [0.5, 0.6) is 0 Å². The molecule has 0 radical (unpaired) electrons. The van der Waals surface area contributed by atoms with E-state index in [1.54, 1.807) is 0 Å². The minimum atomic E-state index is 0.781. The van der Waals surface area contributed by atoms with Crippen LogP contribution in [0.15, 0.2) is 0 Å². The van der Waals surface area contributed by atoms with Crippen molar-refractivity contribution >= 4 is 0 Å². The van der Waals surface area contributed by atoms with E-state index in [9.17, 15) is 0 Å². The van der Waals surface area contributed by atoms with Crippen molar-refractivity contribution in [3.05, 3.63) is 0 Å². The van der Waals surface area contributed by atoms with Crippen LogP contribution in [0, 0.1) is 17.8 Å². The third-order valence-electron chi connectivity index (χ3n) is 5.88. The van der Waals surface area contributed by atoms with E-state index in [2.05, 4.69) is 12.2 Å². The van der Waals surface area contributed by atoms with Crippen LogP contribution in [0.4, 0.5) is 0 Å². The fourth-order valence-corrected chi connectivity index (χ4v) is 4.15. The summed E-state index contributed by atoms with van der Waals surface area (Å²) in [6.45, 7) is 2.46. The largest absolute Gasteiger partial charge is 0.311 e. The maximum atomic E-state index is 4.06. The van der Waals surface area contributed by atoms with Crippen molar-refractivity contribution in [2.75, 3.05) is 0 Å². The molecule has 17 heavy (non-hydrogen) atoms. The summed E-state index contributed by atoms with van der Waals surface area (Å²) in [5, 5.41) is 4.06. The average molecular weight is 235 g/mol. The molecule has 0 amide bonds. The second kappa shape index (κ2) is 5.30. The predicted octanol–water partition coefficient (Wildman–Crippen LogP) is 4.12. The van der Waals surface area contributed by atoms with E-state index in [4.69, 9.17) is 0 Å². The van der Waals surface area contributed by atoms with Crippen LogP contribution in [0.25, 0.3) is 0 Å². The summed E-state index contributed by atoms with van der Waals surface area (Å²) in [7, 11) is 0. The van der Waals surface area contributed by atoms with E-state index >= 15 is 0 Å². The highest BCUT2D eigenvalue weighted by Crippen LogP contribution is 2.41. The van der Waals surface area contributed by atoms with Crippen molar-refractivity contribution < 1.29 is 0 Å². The van der Waals surface area contributed by atoms with Gasteiger partial charge in [-0.05, 0) is 63.2 Å². The van der Waals surface area contributed by atoms with Crippen molar-refractivity contribution in [2.45, 2.75) is 83.2 Å². The highest BCUT2D eigenvalue weighted by Gasteiger charge is 2.37. The second-order valence-corrected chi connectivity index (χ2v) is 6.91. The molecule has 1 nitrogen and oxygen atoms in total. The number of rotatable bonds is 5. The van der Waals surface area contributed by atoms with E-state index in [-0.39, 0.29) is 0 Å². The molecule has 98 valence electrons. The standard InChI is InChI=1S/C16H29N/c1-12(13-6-2-3-7-13)17-16(14-8-4-9-14)15-10-5-11-15/h12-17H,2-11H2,1H3/t12-/m0/s1. The molecule has 3 rings (SSSR count). The fourth-order valence-electron chi connectivity index (χ4n) is 4.15. The van der Waals surface area contributed by atoms with Crippen LogP contribution in [-0.4, -0.2) is 12.1 Å². The highest BCUT2D eigenvalue weighted by atomic mass is 15.0. The lowest BCUT2D eigenvalue weighted by Crippen LogP contribution is -2.51. The van der Waals surface area contributed by atoms with Gasteiger partial charge in [0.1, 0.15) is 0 Å². The van der Waals surface area contributed by atoms with E-state index in [1.807, 2.05) is 0 Å². The topological polar surface area (TPSA) is 12.0 Å². The first-order valence-corrected chi connectivity index (χ1v) is 8.10. The van der Waals surface area contributed by atoms with Gasteiger partial charge in [0.25, 0.3) is 0 Å². The Bertz CT molecular complexity index is 222. The van der Waals surface area contributed by atoms with Crippen LogP contribution in [0.3, 0.4) is 0 Å². The average Bonchev–Trinajstić information content (AvgIpc) is 2.63. The predicted molar refractivity (Wildman–Crippen MR) is 73.0 cm³/mol. The quantitative estimate of drug-likeness (QED) is 0.755. The monoisotopic (exact) mass is 235 g/mol. The number of hydrogen-bond acceptors (Lipinski definition) is 1. The Labute approximate surface area is 107 Å². The van der Waals surface area contributed by atoms with Crippen molar-refractivity contribution in [1.29, 1.82) is 0 Å². The molecular formula is C16H29N. The van der Waals surface area contributed by atoms with Gasteiger partial charge >= 0.3 is 0 Å². The molecule has 3 fully saturated rings. The second-order valence-electron chi connectivity index (χ2n) is 6.91. The molecule has 0 heterocycles. The van der Waals surface area contributed by atoms with Gasteiger partial charge < -0.3 is 5.32 Å².